The molecule has 0 N–H and O–H groups in total. The molecular formula is C26H25F3. The van der Waals surface area contributed by atoms with Crippen LogP contribution in [0.5, 0.6) is 0 Å². The monoisotopic (exact) mass is 394 g/mol. The van der Waals surface area contributed by atoms with Gasteiger partial charge in [-0.25, -0.2) is 13.2 Å². The number of fused-ring (bicyclic) bond motifs is 1. The molecule has 0 atom stereocenters. The van der Waals surface area contributed by atoms with Gasteiger partial charge in [-0.05, 0) is 96.0 Å². The van der Waals surface area contributed by atoms with Gasteiger partial charge < -0.3 is 0 Å². The zero-order chi connectivity index (χ0) is 20.4. The average molecular weight is 394 g/mol. The Morgan fingerprint density at radius 1 is 0.793 bits per heavy atom. The summed E-state index contributed by atoms with van der Waals surface area (Å²) in [7, 11) is 0. The molecule has 1 aliphatic carbocycles. The fourth-order valence-corrected chi connectivity index (χ4v) is 4.56. The highest BCUT2D eigenvalue weighted by Gasteiger charge is 2.22. The Hall–Kier alpha value is -2.55. The van der Waals surface area contributed by atoms with E-state index in [1.165, 1.54) is 37.7 Å². The first-order valence-corrected chi connectivity index (χ1v) is 10.3. The van der Waals surface area contributed by atoms with E-state index in [4.69, 9.17) is 0 Å². The van der Waals surface area contributed by atoms with Crippen LogP contribution >= 0.6 is 0 Å². The molecule has 0 heterocycles. The minimum Gasteiger partial charge on any atom is -0.204 e. The second-order valence-electron chi connectivity index (χ2n) is 8.16. The normalized spacial score (nSPS) is 19.4. The van der Waals surface area contributed by atoms with E-state index in [2.05, 4.69) is 24.8 Å². The Balaban J connectivity index is 1.54. The highest BCUT2D eigenvalue weighted by Crippen LogP contribution is 2.38. The van der Waals surface area contributed by atoms with E-state index in [1.807, 2.05) is 24.3 Å². The van der Waals surface area contributed by atoms with Crippen LogP contribution in [0.4, 0.5) is 13.2 Å². The largest absolute Gasteiger partial charge is 0.204 e. The number of halogens is 3. The van der Waals surface area contributed by atoms with Crippen LogP contribution in [0.15, 0.2) is 61.2 Å². The van der Waals surface area contributed by atoms with Crippen molar-refractivity contribution in [2.75, 3.05) is 0 Å². The molecule has 0 unspecified atom stereocenters. The molecule has 1 fully saturated rings. The highest BCUT2D eigenvalue weighted by molar-refractivity contribution is 5.88. The predicted octanol–water partition coefficient (Wildman–Crippen LogP) is 8.16. The Morgan fingerprint density at radius 3 is 2.14 bits per heavy atom. The fourth-order valence-electron chi connectivity index (χ4n) is 4.56. The minimum atomic E-state index is -1.43. The van der Waals surface area contributed by atoms with Gasteiger partial charge in [-0.3, -0.25) is 0 Å². The van der Waals surface area contributed by atoms with Crippen molar-refractivity contribution >= 4 is 10.8 Å². The van der Waals surface area contributed by atoms with Gasteiger partial charge in [0.1, 0.15) is 0 Å². The van der Waals surface area contributed by atoms with Gasteiger partial charge in [-0.2, -0.15) is 0 Å². The fraction of sp³-hybridized carbons (Fsp3) is 0.308. The molecule has 29 heavy (non-hydrogen) atoms. The smallest absolute Gasteiger partial charge is 0.194 e. The molecule has 0 saturated heterocycles. The Morgan fingerprint density at radius 2 is 1.45 bits per heavy atom. The summed E-state index contributed by atoms with van der Waals surface area (Å²) >= 11 is 0. The van der Waals surface area contributed by atoms with Crippen LogP contribution in [0, 0.1) is 23.4 Å². The van der Waals surface area contributed by atoms with Gasteiger partial charge in [0.05, 0.1) is 0 Å². The molecular weight excluding hydrogens is 369 g/mol. The first-order valence-electron chi connectivity index (χ1n) is 10.3. The van der Waals surface area contributed by atoms with Crippen LogP contribution in [0.3, 0.4) is 0 Å². The highest BCUT2D eigenvalue weighted by atomic mass is 19.2. The molecule has 150 valence electrons. The molecule has 0 amide bonds. The van der Waals surface area contributed by atoms with Gasteiger partial charge in [-0.1, -0.05) is 36.4 Å². The van der Waals surface area contributed by atoms with Crippen LogP contribution < -0.4 is 0 Å². The van der Waals surface area contributed by atoms with Gasteiger partial charge in [0.15, 0.2) is 17.5 Å². The van der Waals surface area contributed by atoms with Crippen molar-refractivity contribution in [2.45, 2.75) is 44.4 Å². The van der Waals surface area contributed by atoms with E-state index in [9.17, 15) is 13.2 Å². The molecule has 3 aromatic carbocycles. The molecule has 0 radical (unpaired) electrons. The molecule has 0 aromatic heterocycles. The lowest BCUT2D eigenvalue weighted by molar-refractivity contribution is 0.312. The van der Waals surface area contributed by atoms with Crippen molar-refractivity contribution in [3.63, 3.8) is 0 Å². The lowest BCUT2D eigenvalue weighted by Crippen LogP contribution is -2.13. The summed E-state index contributed by atoms with van der Waals surface area (Å²) in [6, 6.07) is 14.3. The quantitative estimate of drug-likeness (QED) is 0.302. The molecule has 3 aromatic rings. The van der Waals surface area contributed by atoms with Crippen LogP contribution in [-0.4, -0.2) is 0 Å². The zero-order valence-corrected chi connectivity index (χ0v) is 16.4. The van der Waals surface area contributed by atoms with Crippen molar-refractivity contribution in [1.82, 2.24) is 0 Å². The molecule has 4 rings (SSSR count). The van der Waals surface area contributed by atoms with Crippen molar-refractivity contribution in [1.29, 1.82) is 0 Å². The Labute approximate surface area is 170 Å². The first kappa shape index (κ1) is 19.8. The Bertz CT molecular complexity index is 1010. The third kappa shape index (κ3) is 4.24. The second kappa shape index (κ2) is 8.44. The van der Waals surface area contributed by atoms with Crippen LogP contribution in [0.25, 0.3) is 21.9 Å². The maximum Gasteiger partial charge on any atom is 0.194 e. The number of hydrogen-bond donors (Lipinski definition) is 0. The number of rotatable bonds is 5. The first-order chi connectivity index (χ1) is 14.0. The summed E-state index contributed by atoms with van der Waals surface area (Å²) in [5.41, 5.74) is 2.38. The van der Waals surface area contributed by atoms with E-state index >= 15 is 0 Å². The van der Waals surface area contributed by atoms with E-state index in [1.54, 1.807) is 0 Å². The maximum atomic E-state index is 13.6. The summed E-state index contributed by atoms with van der Waals surface area (Å²) in [5, 5.41) is 2.12. The van der Waals surface area contributed by atoms with Gasteiger partial charge in [0.2, 0.25) is 0 Å². The predicted molar refractivity (Wildman–Crippen MR) is 113 cm³/mol. The van der Waals surface area contributed by atoms with Crippen LogP contribution in [-0.2, 0) is 0 Å². The number of benzene rings is 3. The van der Waals surface area contributed by atoms with Gasteiger partial charge in [0, 0.05) is 0 Å². The van der Waals surface area contributed by atoms with Gasteiger partial charge in [0.25, 0.3) is 0 Å². The molecule has 0 nitrogen and oxygen atoms in total. The van der Waals surface area contributed by atoms with E-state index in [-0.39, 0.29) is 0 Å². The lowest BCUT2D eigenvalue weighted by Gasteiger charge is -2.28. The molecule has 1 aliphatic rings. The summed E-state index contributed by atoms with van der Waals surface area (Å²) in [6.45, 7) is 3.82. The minimum absolute atomic E-state index is 0.338. The standard InChI is InChI=1S/C26H25F3/c1-2-3-4-17-5-7-18(8-6-17)19-9-10-21-14-22(12-11-20(21)13-19)23-15-24(27)26(29)25(28)16-23/h2,9-18H,1,3-8H2/t17-,18-. The van der Waals surface area contributed by atoms with Gasteiger partial charge >= 0.3 is 0 Å². The van der Waals surface area contributed by atoms with Gasteiger partial charge in [-0.15, -0.1) is 6.58 Å². The van der Waals surface area contributed by atoms with Crippen LogP contribution in [0.2, 0.25) is 0 Å². The molecule has 0 aliphatic heterocycles. The summed E-state index contributed by atoms with van der Waals surface area (Å²) in [5.74, 6) is -2.35. The van der Waals surface area contributed by atoms with Crippen molar-refractivity contribution in [3.05, 3.63) is 84.2 Å². The van der Waals surface area contributed by atoms with Crippen molar-refractivity contribution in [3.8, 4) is 11.1 Å². The summed E-state index contributed by atoms with van der Waals surface area (Å²) < 4.78 is 40.4. The van der Waals surface area contributed by atoms with E-state index in [0.717, 1.165) is 35.2 Å². The Kier molecular flexibility index (Phi) is 5.75. The lowest BCUT2D eigenvalue weighted by atomic mass is 9.77. The topological polar surface area (TPSA) is 0 Å². The molecule has 3 heteroatoms. The molecule has 0 bridgehead atoms. The third-order valence-corrected chi connectivity index (χ3v) is 6.28. The second-order valence-corrected chi connectivity index (χ2v) is 8.16. The van der Waals surface area contributed by atoms with E-state index in [0.29, 0.717) is 17.0 Å². The zero-order valence-electron chi connectivity index (χ0n) is 16.4. The average Bonchev–Trinajstić information content (AvgIpc) is 2.75. The molecule has 0 spiro atoms. The van der Waals surface area contributed by atoms with Crippen molar-refractivity contribution < 1.29 is 13.2 Å². The maximum absolute atomic E-state index is 13.6. The third-order valence-electron chi connectivity index (χ3n) is 6.28. The van der Waals surface area contributed by atoms with Crippen molar-refractivity contribution in [2.24, 2.45) is 5.92 Å². The SMILES string of the molecule is C=CCC[C@H]1CC[C@H](c2ccc3cc(-c4cc(F)c(F)c(F)c4)ccc3c2)CC1. The number of allylic oxidation sites excluding steroid dienone is 1. The number of hydrogen-bond acceptors (Lipinski definition) is 0. The van der Waals surface area contributed by atoms with Crippen LogP contribution in [0.1, 0.15) is 50.0 Å². The van der Waals surface area contributed by atoms with E-state index < -0.39 is 17.5 Å². The summed E-state index contributed by atoms with van der Waals surface area (Å²) in [4.78, 5) is 0. The molecule has 1 saturated carbocycles. The summed E-state index contributed by atoms with van der Waals surface area (Å²) in [6.07, 6.45) is 9.36.